The lowest BCUT2D eigenvalue weighted by molar-refractivity contribution is 0.511. The topological polar surface area (TPSA) is 63.8 Å². The van der Waals surface area contributed by atoms with Gasteiger partial charge in [-0.3, -0.25) is 0 Å². The van der Waals surface area contributed by atoms with Crippen LogP contribution in [0, 0.1) is 5.92 Å². The second-order valence-electron chi connectivity index (χ2n) is 4.04. The van der Waals surface area contributed by atoms with E-state index in [0.29, 0.717) is 5.92 Å². The van der Waals surface area contributed by atoms with E-state index in [1.807, 2.05) is 6.07 Å². The minimum absolute atomic E-state index is 0.157. The van der Waals surface area contributed by atoms with E-state index in [2.05, 4.69) is 36.1 Å². The number of rotatable bonds is 5. The predicted octanol–water partition coefficient (Wildman–Crippen LogP) is 1.43. The minimum Gasteiger partial charge on any atom is -0.368 e. The summed E-state index contributed by atoms with van der Waals surface area (Å²) in [6.45, 7) is 7.05. The molecule has 0 aliphatic carbocycles. The third-order valence-corrected chi connectivity index (χ3v) is 2.46. The molecule has 1 atom stereocenters. The summed E-state index contributed by atoms with van der Waals surface area (Å²) in [6, 6.07) is 2.12. The van der Waals surface area contributed by atoms with Crippen molar-refractivity contribution in [1.29, 1.82) is 0 Å². The van der Waals surface area contributed by atoms with Crippen LogP contribution in [0.4, 0.5) is 5.82 Å². The molecule has 4 heteroatoms. The van der Waals surface area contributed by atoms with Crippen molar-refractivity contribution in [2.45, 2.75) is 33.2 Å². The Labute approximate surface area is 91.3 Å². The zero-order chi connectivity index (χ0) is 11.3. The molecule has 0 bridgehead atoms. The van der Waals surface area contributed by atoms with E-state index in [4.69, 9.17) is 5.73 Å². The largest absolute Gasteiger partial charge is 0.368 e. The van der Waals surface area contributed by atoms with Gasteiger partial charge in [-0.05, 0) is 12.3 Å². The number of nitrogens with zero attached hydrogens (tertiary/aromatic N) is 2. The fourth-order valence-corrected chi connectivity index (χ4v) is 1.15. The predicted molar refractivity (Wildman–Crippen MR) is 62.7 cm³/mol. The molecule has 0 aromatic carbocycles. The smallest absolute Gasteiger partial charge is 0.129 e. The fourth-order valence-electron chi connectivity index (χ4n) is 1.15. The number of aryl methyl sites for hydroxylation is 1. The van der Waals surface area contributed by atoms with Gasteiger partial charge in [0.15, 0.2) is 0 Å². The Bertz CT molecular complexity index is 298. The van der Waals surface area contributed by atoms with E-state index >= 15 is 0 Å². The molecular formula is C11H20N4. The van der Waals surface area contributed by atoms with Crippen LogP contribution in [0.2, 0.25) is 0 Å². The normalized spacial score (nSPS) is 12.9. The maximum absolute atomic E-state index is 5.93. The van der Waals surface area contributed by atoms with Crippen molar-refractivity contribution in [3.05, 3.63) is 18.1 Å². The highest BCUT2D eigenvalue weighted by atomic mass is 15.0. The summed E-state index contributed by atoms with van der Waals surface area (Å²) in [7, 11) is 0. The van der Waals surface area contributed by atoms with Gasteiger partial charge in [-0.2, -0.15) is 0 Å². The Balaban J connectivity index is 2.50. The molecule has 0 amide bonds. The van der Waals surface area contributed by atoms with Gasteiger partial charge in [0, 0.05) is 24.3 Å². The highest BCUT2D eigenvalue weighted by Crippen LogP contribution is 2.05. The van der Waals surface area contributed by atoms with Crippen molar-refractivity contribution in [3.63, 3.8) is 0 Å². The second-order valence-corrected chi connectivity index (χ2v) is 4.04. The van der Waals surface area contributed by atoms with Gasteiger partial charge in [0.05, 0.1) is 0 Å². The summed E-state index contributed by atoms with van der Waals surface area (Å²) in [5, 5.41) is 3.22. The molecule has 0 radical (unpaired) electrons. The summed E-state index contributed by atoms with van der Waals surface area (Å²) >= 11 is 0. The van der Waals surface area contributed by atoms with Gasteiger partial charge < -0.3 is 11.1 Å². The standard InChI is InChI=1S/C11H20N4/c1-4-9-5-11(15-7-14-9)13-6-10(12)8(2)3/h5,7-8,10H,4,6,12H2,1-3H3,(H,13,14,15). The lowest BCUT2D eigenvalue weighted by atomic mass is 10.1. The molecule has 15 heavy (non-hydrogen) atoms. The lowest BCUT2D eigenvalue weighted by Gasteiger charge is -2.16. The first-order chi connectivity index (χ1) is 7.13. The molecule has 3 N–H and O–H groups in total. The minimum atomic E-state index is 0.157. The van der Waals surface area contributed by atoms with Crippen LogP contribution in [0.3, 0.4) is 0 Å². The first kappa shape index (κ1) is 11.9. The van der Waals surface area contributed by atoms with Gasteiger partial charge in [-0.15, -0.1) is 0 Å². The number of hydrogen-bond acceptors (Lipinski definition) is 4. The highest BCUT2D eigenvalue weighted by molar-refractivity contribution is 5.34. The lowest BCUT2D eigenvalue weighted by Crippen LogP contribution is -2.34. The maximum atomic E-state index is 5.93. The molecule has 0 aliphatic heterocycles. The Hall–Kier alpha value is -1.16. The number of aromatic nitrogens is 2. The van der Waals surface area contributed by atoms with Crippen molar-refractivity contribution in [1.82, 2.24) is 9.97 Å². The molecule has 0 saturated heterocycles. The zero-order valence-electron chi connectivity index (χ0n) is 9.70. The van der Waals surface area contributed by atoms with Crippen LogP contribution in [0.5, 0.6) is 0 Å². The van der Waals surface area contributed by atoms with Crippen LogP contribution in [-0.2, 0) is 6.42 Å². The molecule has 4 nitrogen and oxygen atoms in total. The van der Waals surface area contributed by atoms with Crippen LogP contribution in [-0.4, -0.2) is 22.6 Å². The summed E-state index contributed by atoms with van der Waals surface area (Å²) in [5.74, 6) is 1.34. The Kier molecular flexibility index (Phi) is 4.49. The highest BCUT2D eigenvalue weighted by Gasteiger charge is 2.07. The molecule has 1 unspecified atom stereocenters. The number of nitrogens with two attached hydrogens (primary N) is 1. The Morgan fingerprint density at radius 3 is 2.73 bits per heavy atom. The average Bonchev–Trinajstić information content (AvgIpc) is 2.26. The van der Waals surface area contributed by atoms with Crippen molar-refractivity contribution >= 4 is 5.82 Å². The summed E-state index contributed by atoms with van der Waals surface area (Å²) < 4.78 is 0. The number of nitrogens with one attached hydrogen (secondary N) is 1. The molecule has 1 aromatic heterocycles. The van der Waals surface area contributed by atoms with Crippen LogP contribution in [0.25, 0.3) is 0 Å². The molecule has 0 saturated carbocycles. The van der Waals surface area contributed by atoms with Gasteiger partial charge in [0.1, 0.15) is 12.1 Å². The Morgan fingerprint density at radius 2 is 2.13 bits per heavy atom. The van der Waals surface area contributed by atoms with Gasteiger partial charge in [-0.1, -0.05) is 20.8 Å². The first-order valence-electron chi connectivity index (χ1n) is 5.43. The van der Waals surface area contributed by atoms with Gasteiger partial charge in [-0.25, -0.2) is 9.97 Å². The van der Waals surface area contributed by atoms with Crippen molar-refractivity contribution in [3.8, 4) is 0 Å². The molecule has 1 aromatic rings. The SMILES string of the molecule is CCc1cc(NCC(N)C(C)C)ncn1. The third kappa shape index (κ3) is 3.83. The maximum Gasteiger partial charge on any atom is 0.129 e. The van der Waals surface area contributed by atoms with Crippen molar-refractivity contribution < 1.29 is 0 Å². The van der Waals surface area contributed by atoms with Gasteiger partial charge >= 0.3 is 0 Å². The molecule has 0 spiro atoms. The van der Waals surface area contributed by atoms with E-state index in [0.717, 1.165) is 24.5 Å². The van der Waals surface area contributed by atoms with E-state index in [1.54, 1.807) is 6.33 Å². The van der Waals surface area contributed by atoms with E-state index < -0.39 is 0 Å². The fraction of sp³-hybridized carbons (Fsp3) is 0.636. The summed E-state index contributed by atoms with van der Waals surface area (Å²) in [4.78, 5) is 8.28. The van der Waals surface area contributed by atoms with Crippen LogP contribution >= 0.6 is 0 Å². The quantitative estimate of drug-likeness (QED) is 0.768. The number of anilines is 1. The van der Waals surface area contributed by atoms with E-state index in [9.17, 15) is 0 Å². The molecule has 84 valence electrons. The second kappa shape index (κ2) is 5.66. The third-order valence-electron chi connectivity index (χ3n) is 2.46. The van der Waals surface area contributed by atoms with E-state index in [-0.39, 0.29) is 6.04 Å². The zero-order valence-corrected chi connectivity index (χ0v) is 9.70. The van der Waals surface area contributed by atoms with E-state index in [1.165, 1.54) is 0 Å². The molecular weight excluding hydrogens is 188 g/mol. The molecule has 1 rings (SSSR count). The monoisotopic (exact) mass is 208 g/mol. The van der Waals surface area contributed by atoms with Crippen molar-refractivity contribution in [2.75, 3.05) is 11.9 Å². The van der Waals surface area contributed by atoms with Gasteiger partial charge in [0.2, 0.25) is 0 Å². The molecule has 1 heterocycles. The molecule has 0 aliphatic rings. The first-order valence-corrected chi connectivity index (χ1v) is 5.43. The van der Waals surface area contributed by atoms with Crippen molar-refractivity contribution in [2.24, 2.45) is 11.7 Å². The summed E-state index contributed by atoms with van der Waals surface area (Å²) in [6.07, 6.45) is 2.51. The van der Waals surface area contributed by atoms with Gasteiger partial charge in [0.25, 0.3) is 0 Å². The average molecular weight is 208 g/mol. The summed E-state index contributed by atoms with van der Waals surface area (Å²) in [5.41, 5.74) is 6.98. The van der Waals surface area contributed by atoms with Crippen LogP contribution < -0.4 is 11.1 Å². The molecule has 0 fully saturated rings. The van der Waals surface area contributed by atoms with Crippen LogP contribution in [0.15, 0.2) is 12.4 Å². The van der Waals surface area contributed by atoms with Crippen LogP contribution in [0.1, 0.15) is 26.5 Å². The Morgan fingerprint density at radius 1 is 1.40 bits per heavy atom. The number of hydrogen-bond donors (Lipinski definition) is 2.